The molecule has 114 valence electrons. The van der Waals surface area contributed by atoms with Gasteiger partial charge in [0.15, 0.2) is 9.84 Å². The van der Waals surface area contributed by atoms with Gasteiger partial charge in [-0.25, -0.2) is 8.42 Å². The van der Waals surface area contributed by atoms with Gasteiger partial charge >= 0.3 is 0 Å². The molecule has 0 bridgehead atoms. The zero-order valence-corrected chi connectivity index (χ0v) is 12.6. The maximum absolute atomic E-state index is 11.5. The molecule has 1 aliphatic rings. The fourth-order valence-electron chi connectivity index (χ4n) is 2.93. The van der Waals surface area contributed by atoms with Gasteiger partial charge in [0.05, 0.1) is 11.5 Å². The Labute approximate surface area is 127 Å². The van der Waals surface area contributed by atoms with Crippen LogP contribution in [0.3, 0.4) is 0 Å². The molecular formula is C15H15N3O3S. The van der Waals surface area contributed by atoms with Gasteiger partial charge in [0, 0.05) is 29.1 Å². The SMILES string of the molecule is O=S1(=O)CC[C@H](Cc2nc(-c3ccc4[nH]ccc4c3)no2)C1. The van der Waals surface area contributed by atoms with E-state index in [4.69, 9.17) is 4.52 Å². The van der Waals surface area contributed by atoms with Gasteiger partial charge in [-0.2, -0.15) is 4.98 Å². The van der Waals surface area contributed by atoms with Gasteiger partial charge in [0.1, 0.15) is 0 Å². The van der Waals surface area contributed by atoms with Crippen LogP contribution in [0.4, 0.5) is 0 Å². The van der Waals surface area contributed by atoms with E-state index < -0.39 is 9.84 Å². The van der Waals surface area contributed by atoms with Crippen LogP contribution in [0.2, 0.25) is 0 Å². The van der Waals surface area contributed by atoms with Crippen LogP contribution in [0.25, 0.3) is 22.3 Å². The summed E-state index contributed by atoms with van der Waals surface area (Å²) in [5, 5.41) is 5.10. The Kier molecular flexibility index (Phi) is 3.04. The van der Waals surface area contributed by atoms with E-state index in [0.717, 1.165) is 16.5 Å². The van der Waals surface area contributed by atoms with Crippen LogP contribution < -0.4 is 0 Å². The maximum Gasteiger partial charge on any atom is 0.227 e. The second kappa shape index (κ2) is 4.95. The average Bonchev–Trinajstić information content (AvgIpc) is 3.18. The Hall–Kier alpha value is -2.15. The summed E-state index contributed by atoms with van der Waals surface area (Å²) in [6, 6.07) is 7.90. The summed E-state index contributed by atoms with van der Waals surface area (Å²) < 4.78 is 28.3. The second-order valence-corrected chi connectivity index (χ2v) is 7.99. The Balaban J connectivity index is 1.56. The third-order valence-electron chi connectivity index (χ3n) is 4.07. The monoisotopic (exact) mass is 317 g/mol. The average molecular weight is 317 g/mol. The molecule has 22 heavy (non-hydrogen) atoms. The lowest BCUT2D eigenvalue weighted by atomic mass is 10.1. The number of fused-ring (bicyclic) bond motifs is 1. The normalized spacial score (nSPS) is 20.6. The van der Waals surface area contributed by atoms with Crippen molar-refractivity contribution in [3.8, 4) is 11.4 Å². The molecule has 1 atom stereocenters. The summed E-state index contributed by atoms with van der Waals surface area (Å²) in [7, 11) is -2.87. The molecule has 1 aliphatic heterocycles. The Morgan fingerprint density at radius 3 is 3.05 bits per heavy atom. The topological polar surface area (TPSA) is 88.9 Å². The lowest BCUT2D eigenvalue weighted by molar-refractivity contribution is 0.359. The van der Waals surface area contributed by atoms with Gasteiger partial charge in [0.25, 0.3) is 0 Å². The number of rotatable bonds is 3. The molecule has 0 unspecified atom stereocenters. The minimum atomic E-state index is -2.87. The molecule has 0 saturated carbocycles. The van der Waals surface area contributed by atoms with Crippen molar-refractivity contribution in [3.05, 3.63) is 36.4 Å². The highest BCUT2D eigenvalue weighted by Gasteiger charge is 2.29. The van der Waals surface area contributed by atoms with Crippen molar-refractivity contribution in [3.63, 3.8) is 0 Å². The van der Waals surface area contributed by atoms with Gasteiger partial charge in [0.2, 0.25) is 11.7 Å². The number of aromatic amines is 1. The van der Waals surface area contributed by atoms with E-state index in [-0.39, 0.29) is 17.4 Å². The predicted molar refractivity (Wildman–Crippen MR) is 82.1 cm³/mol. The molecule has 7 heteroatoms. The highest BCUT2D eigenvalue weighted by molar-refractivity contribution is 7.91. The quantitative estimate of drug-likeness (QED) is 0.800. The van der Waals surface area contributed by atoms with Crippen LogP contribution in [0.15, 0.2) is 35.0 Å². The highest BCUT2D eigenvalue weighted by atomic mass is 32.2. The summed E-state index contributed by atoms with van der Waals surface area (Å²) in [4.78, 5) is 7.54. The zero-order chi connectivity index (χ0) is 15.2. The van der Waals surface area contributed by atoms with E-state index >= 15 is 0 Å². The molecule has 0 radical (unpaired) electrons. The van der Waals surface area contributed by atoms with Gasteiger partial charge < -0.3 is 9.51 Å². The van der Waals surface area contributed by atoms with Crippen molar-refractivity contribution < 1.29 is 12.9 Å². The van der Waals surface area contributed by atoms with Gasteiger partial charge in [-0.05, 0) is 36.6 Å². The first-order chi connectivity index (χ1) is 10.6. The van der Waals surface area contributed by atoms with E-state index in [1.54, 1.807) is 0 Å². The van der Waals surface area contributed by atoms with Crippen molar-refractivity contribution in [1.82, 2.24) is 15.1 Å². The van der Waals surface area contributed by atoms with Crippen molar-refractivity contribution >= 4 is 20.7 Å². The summed E-state index contributed by atoms with van der Waals surface area (Å²) in [5.74, 6) is 1.62. The molecule has 1 fully saturated rings. The molecule has 2 aromatic heterocycles. The number of H-pyrrole nitrogens is 1. The molecule has 0 aliphatic carbocycles. The first-order valence-corrected chi connectivity index (χ1v) is 9.02. The lowest BCUT2D eigenvalue weighted by Gasteiger charge is -2.01. The van der Waals surface area contributed by atoms with Crippen molar-refractivity contribution in [1.29, 1.82) is 0 Å². The predicted octanol–water partition coefficient (Wildman–Crippen LogP) is 2.20. The summed E-state index contributed by atoms with van der Waals surface area (Å²) >= 11 is 0. The number of nitrogens with one attached hydrogen (secondary N) is 1. The fraction of sp³-hybridized carbons (Fsp3) is 0.333. The molecule has 1 aromatic carbocycles. The lowest BCUT2D eigenvalue weighted by Crippen LogP contribution is -2.07. The van der Waals surface area contributed by atoms with Gasteiger partial charge in [-0.15, -0.1) is 0 Å². The summed E-state index contributed by atoms with van der Waals surface area (Å²) in [5.41, 5.74) is 1.95. The maximum atomic E-state index is 11.5. The van der Waals surface area contributed by atoms with Crippen LogP contribution in [0.5, 0.6) is 0 Å². The van der Waals surface area contributed by atoms with Crippen LogP contribution >= 0.6 is 0 Å². The number of sulfone groups is 1. The third kappa shape index (κ3) is 2.52. The second-order valence-electron chi connectivity index (χ2n) is 5.76. The Morgan fingerprint density at radius 2 is 2.23 bits per heavy atom. The first kappa shape index (κ1) is 13.5. The smallest absolute Gasteiger partial charge is 0.227 e. The molecule has 3 aromatic rings. The molecule has 1 saturated heterocycles. The van der Waals surface area contributed by atoms with Crippen molar-refractivity contribution in [2.75, 3.05) is 11.5 Å². The Bertz CT molecular complexity index is 926. The summed E-state index contributed by atoms with van der Waals surface area (Å²) in [6.07, 6.45) is 3.09. The van der Waals surface area contributed by atoms with Crippen molar-refractivity contribution in [2.24, 2.45) is 5.92 Å². The number of nitrogens with zero attached hydrogens (tertiary/aromatic N) is 2. The molecule has 3 heterocycles. The fourth-order valence-corrected chi connectivity index (χ4v) is 4.79. The van der Waals surface area contributed by atoms with E-state index in [9.17, 15) is 8.42 Å². The van der Waals surface area contributed by atoms with Crippen LogP contribution in [0.1, 0.15) is 12.3 Å². The molecule has 4 rings (SSSR count). The minimum Gasteiger partial charge on any atom is -0.361 e. The molecule has 1 N–H and O–H groups in total. The zero-order valence-electron chi connectivity index (χ0n) is 11.8. The third-order valence-corrected chi connectivity index (χ3v) is 5.91. The van der Waals surface area contributed by atoms with Crippen LogP contribution in [-0.2, 0) is 16.3 Å². The largest absolute Gasteiger partial charge is 0.361 e. The van der Waals surface area contributed by atoms with E-state index in [1.807, 2.05) is 30.5 Å². The Morgan fingerprint density at radius 1 is 1.32 bits per heavy atom. The number of hydrogen-bond acceptors (Lipinski definition) is 5. The molecular weight excluding hydrogens is 302 g/mol. The van der Waals surface area contributed by atoms with Crippen LogP contribution in [0, 0.1) is 5.92 Å². The number of benzene rings is 1. The van der Waals surface area contributed by atoms with E-state index in [2.05, 4.69) is 15.1 Å². The number of hydrogen-bond donors (Lipinski definition) is 1. The van der Waals surface area contributed by atoms with Gasteiger partial charge in [-0.1, -0.05) is 5.16 Å². The number of aromatic nitrogens is 3. The molecule has 0 spiro atoms. The molecule has 0 amide bonds. The van der Waals surface area contributed by atoms with E-state index in [1.165, 1.54) is 0 Å². The van der Waals surface area contributed by atoms with E-state index in [0.29, 0.717) is 24.6 Å². The standard InChI is InChI=1S/C15H15N3O3S/c19-22(20)6-4-10(9-22)7-14-17-15(18-21-14)12-1-2-13-11(8-12)3-5-16-13/h1-3,5,8,10,16H,4,6-7,9H2/t10-/m1/s1. The van der Waals surface area contributed by atoms with Gasteiger partial charge in [-0.3, -0.25) is 0 Å². The van der Waals surface area contributed by atoms with Crippen LogP contribution in [-0.4, -0.2) is 35.0 Å². The highest BCUT2D eigenvalue weighted by Crippen LogP contribution is 2.25. The molecule has 6 nitrogen and oxygen atoms in total. The first-order valence-electron chi connectivity index (χ1n) is 7.20. The minimum absolute atomic E-state index is 0.0884. The van der Waals surface area contributed by atoms with Crippen molar-refractivity contribution in [2.45, 2.75) is 12.8 Å². The summed E-state index contributed by atoms with van der Waals surface area (Å²) in [6.45, 7) is 0.